The summed E-state index contributed by atoms with van der Waals surface area (Å²) in [6.07, 6.45) is 8.23. The molecule has 5 rings (SSSR count). The van der Waals surface area contributed by atoms with Crippen molar-refractivity contribution >= 4 is 23.1 Å². The Balaban J connectivity index is 1.32. The number of rotatable bonds is 10. The number of hydrogen-bond donors (Lipinski definition) is 3. The molecule has 3 N–H and O–H groups in total. The Morgan fingerprint density at radius 2 is 1.95 bits per heavy atom. The summed E-state index contributed by atoms with van der Waals surface area (Å²) in [5.41, 5.74) is 1.65. The summed E-state index contributed by atoms with van der Waals surface area (Å²) in [7, 11) is 0. The van der Waals surface area contributed by atoms with Gasteiger partial charge in [0.1, 0.15) is 18.3 Å². The van der Waals surface area contributed by atoms with E-state index >= 15 is 0 Å². The zero-order chi connectivity index (χ0) is 29.9. The van der Waals surface area contributed by atoms with Crippen molar-refractivity contribution in [2.45, 2.75) is 89.1 Å². The number of aromatic nitrogens is 3. The van der Waals surface area contributed by atoms with Crippen molar-refractivity contribution < 1.29 is 23.8 Å². The maximum absolute atomic E-state index is 14.4. The molecule has 2 saturated carbocycles. The van der Waals surface area contributed by atoms with Gasteiger partial charge in [0.05, 0.1) is 52.1 Å². The number of nitrogens with zero attached hydrogens (tertiary/aromatic N) is 4. The second kappa shape index (κ2) is 12.4. The molecule has 0 aliphatic heterocycles. The summed E-state index contributed by atoms with van der Waals surface area (Å²) in [5.74, 6) is -0.347. The summed E-state index contributed by atoms with van der Waals surface area (Å²) in [5, 5.41) is 29.6. The third-order valence-electron chi connectivity index (χ3n) is 8.26. The molecule has 1 atom stereocenters. The van der Waals surface area contributed by atoms with Crippen molar-refractivity contribution in [2.24, 2.45) is 5.92 Å². The van der Waals surface area contributed by atoms with E-state index in [2.05, 4.69) is 26.8 Å². The molecule has 1 amide bonds. The molecular weight excluding hydrogens is 539 g/mol. The van der Waals surface area contributed by atoms with Gasteiger partial charge in [-0.1, -0.05) is 0 Å². The number of nitriles is 1. The summed E-state index contributed by atoms with van der Waals surface area (Å²) >= 11 is 0. The van der Waals surface area contributed by atoms with Crippen molar-refractivity contribution in [1.29, 1.82) is 5.26 Å². The van der Waals surface area contributed by atoms with E-state index in [0.717, 1.165) is 50.5 Å². The summed E-state index contributed by atoms with van der Waals surface area (Å²) in [6, 6.07) is 9.35. The molecule has 2 aliphatic rings. The standard InChI is InChI=1S/C31H37FN6O4/c1-31(2,41)28(32)18-35-30(40)24-17-34-26(27-11-10-22-12-20(15-33)16-36-38(22)27)14-25(24)37-21-8-6-19(7-9-21)13-29(39)42-23-4-3-5-23/h10-12,14,16-17,19,21,23,28,41H,3-9,13,18H2,1-2H3,(H,34,37)(H,35,40)/t19?,21?,28-/m1/s1. The molecule has 11 heteroatoms. The quantitative estimate of drug-likeness (QED) is 0.298. The van der Waals surface area contributed by atoms with Crippen LogP contribution in [0.4, 0.5) is 10.1 Å². The molecule has 0 bridgehead atoms. The van der Waals surface area contributed by atoms with Crippen LogP contribution in [0, 0.1) is 17.2 Å². The topological polar surface area (TPSA) is 142 Å². The number of amides is 1. The number of carbonyl (C=O) groups is 2. The van der Waals surface area contributed by atoms with Gasteiger partial charge >= 0.3 is 5.97 Å². The summed E-state index contributed by atoms with van der Waals surface area (Å²) in [6.45, 7) is 2.36. The van der Waals surface area contributed by atoms with Gasteiger partial charge in [0.25, 0.3) is 5.91 Å². The van der Waals surface area contributed by atoms with Gasteiger partial charge in [0.15, 0.2) is 0 Å². The van der Waals surface area contributed by atoms with Crippen LogP contribution >= 0.6 is 0 Å². The van der Waals surface area contributed by atoms with Gasteiger partial charge in [-0.15, -0.1) is 0 Å². The highest BCUT2D eigenvalue weighted by molar-refractivity contribution is 6.00. The molecule has 2 fully saturated rings. The number of halogens is 1. The van der Waals surface area contributed by atoms with Crippen LogP contribution in [-0.4, -0.2) is 62.0 Å². The van der Waals surface area contributed by atoms with E-state index in [1.165, 1.54) is 26.2 Å². The van der Waals surface area contributed by atoms with Gasteiger partial charge in [0.2, 0.25) is 0 Å². The van der Waals surface area contributed by atoms with E-state index in [-0.39, 0.29) is 36.1 Å². The van der Waals surface area contributed by atoms with Crippen LogP contribution in [0.1, 0.15) is 81.1 Å². The minimum Gasteiger partial charge on any atom is -0.462 e. The van der Waals surface area contributed by atoms with Crippen LogP contribution in [-0.2, 0) is 9.53 Å². The van der Waals surface area contributed by atoms with Crippen LogP contribution in [0.15, 0.2) is 36.7 Å². The third kappa shape index (κ3) is 6.87. The lowest BCUT2D eigenvalue weighted by atomic mass is 9.84. The van der Waals surface area contributed by atoms with Crippen LogP contribution in [0.5, 0.6) is 0 Å². The van der Waals surface area contributed by atoms with Crippen molar-refractivity contribution in [2.75, 3.05) is 11.9 Å². The average molecular weight is 577 g/mol. The number of anilines is 1. The number of alkyl halides is 1. The lowest BCUT2D eigenvalue weighted by molar-refractivity contribution is -0.154. The maximum Gasteiger partial charge on any atom is 0.306 e. The van der Waals surface area contributed by atoms with Gasteiger partial charge in [-0.05, 0) is 89.0 Å². The second-order valence-corrected chi connectivity index (χ2v) is 12.0. The molecule has 0 aromatic carbocycles. The number of hydrogen-bond acceptors (Lipinski definition) is 8. The SMILES string of the molecule is CC(C)(O)[C@H](F)CNC(=O)c1cnc(-c2ccc3cc(C#N)cnn23)cc1NC1CCC(CC(=O)OC2CCC2)CC1. The largest absolute Gasteiger partial charge is 0.462 e. The van der Waals surface area contributed by atoms with E-state index in [1.54, 1.807) is 16.6 Å². The highest BCUT2D eigenvalue weighted by Gasteiger charge is 2.29. The minimum atomic E-state index is -1.65. The average Bonchev–Trinajstić information content (AvgIpc) is 3.37. The Hall–Kier alpha value is -4.04. The molecular formula is C31H37FN6O4. The molecule has 0 spiro atoms. The Morgan fingerprint density at radius 3 is 2.62 bits per heavy atom. The zero-order valence-corrected chi connectivity index (χ0v) is 24.0. The molecule has 42 heavy (non-hydrogen) atoms. The normalized spacial score (nSPS) is 19.9. The molecule has 3 aromatic rings. The Morgan fingerprint density at radius 1 is 1.19 bits per heavy atom. The van der Waals surface area contributed by atoms with Crippen molar-refractivity contribution in [1.82, 2.24) is 19.9 Å². The monoisotopic (exact) mass is 576 g/mol. The van der Waals surface area contributed by atoms with Crippen LogP contribution in [0.3, 0.4) is 0 Å². The van der Waals surface area contributed by atoms with E-state index in [0.29, 0.717) is 29.1 Å². The number of ether oxygens (including phenoxy) is 1. The summed E-state index contributed by atoms with van der Waals surface area (Å²) in [4.78, 5) is 30.0. The minimum absolute atomic E-state index is 0.0661. The molecule has 0 radical (unpaired) electrons. The van der Waals surface area contributed by atoms with Gasteiger partial charge in [-0.2, -0.15) is 10.4 Å². The fraction of sp³-hybridized carbons (Fsp3) is 0.516. The first kappa shape index (κ1) is 29.5. The fourth-order valence-corrected chi connectivity index (χ4v) is 5.37. The van der Waals surface area contributed by atoms with Crippen molar-refractivity contribution in [3.63, 3.8) is 0 Å². The van der Waals surface area contributed by atoms with E-state index in [1.807, 2.05) is 12.1 Å². The van der Waals surface area contributed by atoms with Crippen molar-refractivity contribution in [3.05, 3.63) is 47.8 Å². The number of carbonyl (C=O) groups excluding carboxylic acids is 2. The Labute approximate surface area is 244 Å². The predicted molar refractivity (Wildman–Crippen MR) is 154 cm³/mol. The lowest BCUT2D eigenvalue weighted by Crippen LogP contribution is -2.42. The van der Waals surface area contributed by atoms with Crippen molar-refractivity contribution in [3.8, 4) is 17.5 Å². The first-order chi connectivity index (χ1) is 20.1. The second-order valence-electron chi connectivity index (χ2n) is 12.0. The zero-order valence-electron chi connectivity index (χ0n) is 24.0. The number of esters is 1. The maximum atomic E-state index is 14.4. The molecule has 0 unspecified atom stereocenters. The van der Waals surface area contributed by atoms with Gasteiger partial charge in [-0.3, -0.25) is 14.6 Å². The van der Waals surface area contributed by atoms with Crippen LogP contribution in [0.2, 0.25) is 0 Å². The number of nitrogens with one attached hydrogen (secondary N) is 2. The Bertz CT molecular complexity index is 1480. The molecule has 0 saturated heterocycles. The van der Waals surface area contributed by atoms with Gasteiger partial charge in [-0.25, -0.2) is 8.91 Å². The van der Waals surface area contributed by atoms with E-state index in [9.17, 15) is 24.3 Å². The first-order valence-corrected chi connectivity index (χ1v) is 14.6. The molecule has 3 heterocycles. The van der Waals surface area contributed by atoms with Crippen LogP contribution < -0.4 is 10.6 Å². The smallest absolute Gasteiger partial charge is 0.306 e. The number of fused-ring (bicyclic) bond motifs is 1. The third-order valence-corrected chi connectivity index (χ3v) is 8.26. The lowest BCUT2D eigenvalue weighted by Gasteiger charge is -2.31. The number of pyridine rings is 1. The molecule has 2 aliphatic carbocycles. The van der Waals surface area contributed by atoms with E-state index < -0.39 is 17.7 Å². The van der Waals surface area contributed by atoms with Gasteiger partial charge in [0, 0.05) is 18.7 Å². The molecule has 222 valence electrons. The first-order valence-electron chi connectivity index (χ1n) is 14.6. The highest BCUT2D eigenvalue weighted by atomic mass is 19.1. The summed E-state index contributed by atoms with van der Waals surface area (Å²) < 4.78 is 21.6. The van der Waals surface area contributed by atoms with Crippen LogP contribution in [0.25, 0.3) is 16.9 Å². The van der Waals surface area contributed by atoms with E-state index in [4.69, 9.17) is 4.74 Å². The number of aliphatic hydroxyl groups is 1. The predicted octanol–water partition coefficient (Wildman–Crippen LogP) is 4.56. The highest BCUT2D eigenvalue weighted by Crippen LogP contribution is 2.32. The van der Waals surface area contributed by atoms with Gasteiger partial charge < -0.3 is 20.5 Å². The molecule has 10 nitrogen and oxygen atoms in total. The molecule has 3 aromatic heterocycles. The Kier molecular flexibility index (Phi) is 8.73. The fourth-order valence-electron chi connectivity index (χ4n) is 5.37.